The Bertz CT molecular complexity index is 347. The molecule has 0 spiro atoms. The maximum Gasteiger partial charge on any atom is 0.231 e. The second-order valence-electron chi connectivity index (χ2n) is 3.03. The van der Waals surface area contributed by atoms with Gasteiger partial charge in [0.2, 0.25) is 6.79 Å². The Hall–Kier alpha value is -1.09. The van der Waals surface area contributed by atoms with Crippen molar-refractivity contribution in [3.8, 4) is 11.5 Å². The van der Waals surface area contributed by atoms with E-state index in [0.717, 1.165) is 29.2 Å². The van der Waals surface area contributed by atoms with Gasteiger partial charge in [0.1, 0.15) is 0 Å². The second kappa shape index (κ2) is 4.42. The largest absolute Gasteiger partial charge is 0.454 e. The van der Waals surface area contributed by atoms with Crippen molar-refractivity contribution in [1.29, 1.82) is 0 Å². The van der Waals surface area contributed by atoms with E-state index in [2.05, 4.69) is 24.8 Å². The summed E-state index contributed by atoms with van der Waals surface area (Å²) < 4.78 is 10.5. The highest BCUT2D eigenvalue weighted by Crippen LogP contribution is 2.32. The molecule has 0 saturated carbocycles. The summed E-state index contributed by atoms with van der Waals surface area (Å²) in [7, 11) is 0. The summed E-state index contributed by atoms with van der Waals surface area (Å²) in [6.07, 6.45) is 5.15. The van der Waals surface area contributed by atoms with E-state index in [4.69, 9.17) is 9.47 Å². The number of benzene rings is 1. The molecule has 74 valence electrons. The normalized spacial score (nSPS) is 13.8. The third-order valence-electron chi connectivity index (χ3n) is 2.00. The fourth-order valence-corrected chi connectivity index (χ4v) is 1.46. The van der Waals surface area contributed by atoms with E-state index < -0.39 is 0 Å². The molecule has 0 saturated heterocycles. The number of allylic oxidation sites excluding steroid dienone is 1. The van der Waals surface area contributed by atoms with Crippen LogP contribution in [0.3, 0.4) is 0 Å². The van der Waals surface area contributed by atoms with Crippen molar-refractivity contribution in [2.45, 2.75) is 6.42 Å². The molecule has 14 heavy (non-hydrogen) atoms. The Morgan fingerprint density at radius 2 is 2.14 bits per heavy atom. The first-order valence-electron chi connectivity index (χ1n) is 4.57. The molecule has 1 aromatic rings. The van der Waals surface area contributed by atoms with Gasteiger partial charge in [-0.05, 0) is 29.9 Å². The molecule has 1 aromatic carbocycles. The molecule has 0 radical (unpaired) electrons. The lowest BCUT2D eigenvalue weighted by Gasteiger charge is -1.97. The van der Waals surface area contributed by atoms with E-state index in [1.54, 1.807) is 0 Å². The molecule has 2 rings (SSSR count). The molecule has 0 amide bonds. The van der Waals surface area contributed by atoms with Gasteiger partial charge in [-0.15, -0.1) is 0 Å². The highest BCUT2D eigenvalue weighted by Gasteiger charge is 2.11. The van der Waals surface area contributed by atoms with Gasteiger partial charge in [-0.25, -0.2) is 0 Å². The van der Waals surface area contributed by atoms with Crippen molar-refractivity contribution in [1.82, 2.24) is 0 Å². The Labute approximate surface area is 88.9 Å². The highest BCUT2D eigenvalue weighted by molar-refractivity contribution is 7.80. The average molecular weight is 208 g/mol. The number of hydrogen-bond acceptors (Lipinski definition) is 3. The lowest BCUT2D eigenvalue weighted by molar-refractivity contribution is 0.174. The number of ether oxygens (including phenoxy) is 2. The Kier molecular flexibility index (Phi) is 2.99. The number of thiol groups is 1. The zero-order valence-electron chi connectivity index (χ0n) is 7.77. The van der Waals surface area contributed by atoms with Crippen LogP contribution in [0.15, 0.2) is 24.3 Å². The summed E-state index contributed by atoms with van der Waals surface area (Å²) in [5.41, 5.74) is 1.14. The monoisotopic (exact) mass is 208 g/mol. The van der Waals surface area contributed by atoms with E-state index in [1.165, 1.54) is 0 Å². The molecule has 0 aliphatic carbocycles. The van der Waals surface area contributed by atoms with E-state index in [9.17, 15) is 0 Å². The zero-order chi connectivity index (χ0) is 9.80. The van der Waals surface area contributed by atoms with Gasteiger partial charge in [0.15, 0.2) is 11.5 Å². The first-order chi connectivity index (χ1) is 6.90. The summed E-state index contributed by atoms with van der Waals surface area (Å²) in [4.78, 5) is 0. The third-order valence-corrected chi connectivity index (χ3v) is 2.26. The zero-order valence-corrected chi connectivity index (χ0v) is 8.67. The second-order valence-corrected chi connectivity index (χ2v) is 3.47. The topological polar surface area (TPSA) is 18.5 Å². The molecular weight excluding hydrogens is 196 g/mol. The first kappa shape index (κ1) is 9.46. The Morgan fingerprint density at radius 3 is 3.00 bits per heavy atom. The van der Waals surface area contributed by atoms with Gasteiger partial charge in [-0.1, -0.05) is 18.2 Å². The number of fused-ring (bicyclic) bond motifs is 1. The quantitative estimate of drug-likeness (QED) is 0.770. The minimum Gasteiger partial charge on any atom is -0.454 e. The van der Waals surface area contributed by atoms with Crippen LogP contribution in [0.4, 0.5) is 0 Å². The van der Waals surface area contributed by atoms with Crippen LogP contribution < -0.4 is 9.47 Å². The van der Waals surface area contributed by atoms with Crippen LogP contribution in [0.1, 0.15) is 12.0 Å². The summed E-state index contributed by atoms with van der Waals surface area (Å²) in [5.74, 6) is 2.54. The van der Waals surface area contributed by atoms with Crippen LogP contribution in [0.25, 0.3) is 6.08 Å². The molecule has 0 N–H and O–H groups in total. The SMILES string of the molecule is SCCC=Cc1ccc2c(c1)OCO2. The Morgan fingerprint density at radius 1 is 1.29 bits per heavy atom. The van der Waals surface area contributed by atoms with Gasteiger partial charge in [-0.2, -0.15) is 12.6 Å². The molecule has 0 atom stereocenters. The van der Waals surface area contributed by atoms with Gasteiger partial charge in [-0.3, -0.25) is 0 Å². The Balaban J connectivity index is 2.12. The van der Waals surface area contributed by atoms with Crippen molar-refractivity contribution in [2.75, 3.05) is 12.5 Å². The van der Waals surface area contributed by atoms with Crippen LogP contribution in [0.5, 0.6) is 11.5 Å². The molecule has 0 fully saturated rings. The van der Waals surface area contributed by atoms with Crippen molar-refractivity contribution in [2.24, 2.45) is 0 Å². The fourth-order valence-electron chi connectivity index (χ4n) is 1.31. The number of hydrogen-bond donors (Lipinski definition) is 1. The number of rotatable bonds is 3. The summed E-state index contributed by atoms with van der Waals surface area (Å²) in [6, 6.07) is 5.93. The predicted octanol–water partition coefficient (Wildman–Crippen LogP) is 2.75. The maximum absolute atomic E-state index is 5.27. The van der Waals surface area contributed by atoms with Crippen LogP contribution in [0, 0.1) is 0 Å². The van der Waals surface area contributed by atoms with Crippen molar-refractivity contribution in [3.05, 3.63) is 29.8 Å². The lowest BCUT2D eigenvalue weighted by Crippen LogP contribution is -1.92. The van der Waals surface area contributed by atoms with E-state index in [-0.39, 0.29) is 0 Å². The van der Waals surface area contributed by atoms with Gasteiger partial charge >= 0.3 is 0 Å². The predicted molar refractivity (Wildman–Crippen MR) is 60.1 cm³/mol. The van der Waals surface area contributed by atoms with Crippen LogP contribution in [0.2, 0.25) is 0 Å². The molecule has 1 aliphatic heterocycles. The molecule has 2 nitrogen and oxygen atoms in total. The van der Waals surface area contributed by atoms with Gasteiger partial charge in [0.05, 0.1) is 0 Å². The van der Waals surface area contributed by atoms with Gasteiger partial charge in [0, 0.05) is 0 Å². The van der Waals surface area contributed by atoms with Crippen molar-refractivity contribution < 1.29 is 9.47 Å². The first-order valence-corrected chi connectivity index (χ1v) is 5.20. The van der Waals surface area contributed by atoms with Crippen LogP contribution in [-0.4, -0.2) is 12.5 Å². The molecule has 0 bridgehead atoms. The molecule has 0 aromatic heterocycles. The van der Waals surface area contributed by atoms with Crippen LogP contribution >= 0.6 is 12.6 Å². The maximum atomic E-state index is 5.27. The van der Waals surface area contributed by atoms with Crippen LogP contribution in [-0.2, 0) is 0 Å². The molecular formula is C11H12O2S. The highest BCUT2D eigenvalue weighted by atomic mass is 32.1. The van der Waals surface area contributed by atoms with Crippen molar-refractivity contribution in [3.63, 3.8) is 0 Å². The standard InChI is InChI=1S/C11H12O2S/c14-6-2-1-3-9-4-5-10-11(7-9)13-8-12-10/h1,3-5,7,14H,2,6,8H2. The average Bonchev–Trinajstić information content (AvgIpc) is 2.65. The minimum atomic E-state index is 0.332. The summed E-state index contributed by atoms with van der Waals surface area (Å²) in [6.45, 7) is 0.332. The molecule has 3 heteroatoms. The summed E-state index contributed by atoms with van der Waals surface area (Å²) in [5, 5.41) is 0. The third kappa shape index (κ3) is 2.04. The minimum absolute atomic E-state index is 0.332. The lowest BCUT2D eigenvalue weighted by atomic mass is 10.2. The summed E-state index contributed by atoms with van der Waals surface area (Å²) >= 11 is 4.14. The van der Waals surface area contributed by atoms with Crippen molar-refractivity contribution >= 4 is 18.7 Å². The molecule has 1 heterocycles. The van der Waals surface area contributed by atoms with Gasteiger partial charge < -0.3 is 9.47 Å². The smallest absolute Gasteiger partial charge is 0.231 e. The van der Waals surface area contributed by atoms with E-state index in [1.807, 2.05) is 18.2 Å². The van der Waals surface area contributed by atoms with E-state index >= 15 is 0 Å². The molecule has 1 aliphatic rings. The van der Waals surface area contributed by atoms with Gasteiger partial charge in [0.25, 0.3) is 0 Å². The molecule has 0 unspecified atom stereocenters. The fraction of sp³-hybridized carbons (Fsp3) is 0.273. The van der Waals surface area contributed by atoms with E-state index in [0.29, 0.717) is 6.79 Å².